The number of ether oxygens (including phenoxy) is 1. The minimum absolute atomic E-state index is 0.326. The predicted molar refractivity (Wildman–Crippen MR) is 67.6 cm³/mol. The summed E-state index contributed by atoms with van der Waals surface area (Å²) in [6, 6.07) is 0. The maximum Gasteiger partial charge on any atom is 0.148 e. The number of rotatable bonds is 2. The van der Waals surface area contributed by atoms with Gasteiger partial charge in [-0.25, -0.2) is 15.8 Å². The summed E-state index contributed by atoms with van der Waals surface area (Å²) in [5.41, 5.74) is 5.00. The number of hydrazine groups is 1. The Morgan fingerprint density at radius 3 is 3.06 bits per heavy atom. The van der Waals surface area contributed by atoms with Gasteiger partial charge in [-0.05, 0) is 12.8 Å². The number of thioether (sulfide) groups is 1. The van der Waals surface area contributed by atoms with Crippen LogP contribution in [0, 0.1) is 0 Å². The number of nitrogen functional groups attached to an aromatic ring is 1. The van der Waals surface area contributed by atoms with E-state index in [1.54, 1.807) is 0 Å². The molecule has 0 aromatic carbocycles. The molecule has 1 aromatic heterocycles. The van der Waals surface area contributed by atoms with Crippen LogP contribution >= 0.6 is 11.8 Å². The van der Waals surface area contributed by atoms with Crippen LogP contribution in [0.3, 0.4) is 0 Å². The predicted octanol–water partition coefficient (Wildman–Crippen LogP) is 1.40. The highest BCUT2D eigenvalue weighted by Gasteiger charge is 2.24. The average molecular weight is 252 g/mol. The smallest absolute Gasteiger partial charge is 0.148 e. The molecule has 2 aliphatic heterocycles. The van der Waals surface area contributed by atoms with Gasteiger partial charge in [0.1, 0.15) is 11.6 Å². The Kier molecular flexibility index (Phi) is 3.17. The van der Waals surface area contributed by atoms with Crippen LogP contribution in [-0.4, -0.2) is 23.2 Å². The largest absolute Gasteiger partial charge is 0.381 e. The monoisotopic (exact) mass is 252 g/mol. The summed E-state index contributed by atoms with van der Waals surface area (Å²) in [6.07, 6.45) is 2.20. The molecule has 1 unspecified atom stereocenters. The standard InChI is InChI=1S/C11H16N4OS/c12-15-11-8-5-17-6-9(8)13-10(14-11)7-2-1-3-16-4-7/h7H,1-6,12H2,(H,13,14,15). The van der Waals surface area contributed by atoms with Gasteiger partial charge in [-0.15, -0.1) is 0 Å². The second kappa shape index (κ2) is 4.80. The van der Waals surface area contributed by atoms with Crippen LogP contribution in [0.2, 0.25) is 0 Å². The molecule has 6 heteroatoms. The molecule has 0 amide bonds. The summed E-state index contributed by atoms with van der Waals surface area (Å²) in [5, 5.41) is 0. The second-order valence-electron chi connectivity index (χ2n) is 4.41. The highest BCUT2D eigenvalue weighted by atomic mass is 32.2. The van der Waals surface area contributed by atoms with Crippen molar-refractivity contribution < 1.29 is 4.74 Å². The van der Waals surface area contributed by atoms with Crippen molar-refractivity contribution in [3.63, 3.8) is 0 Å². The highest BCUT2D eigenvalue weighted by Crippen LogP contribution is 2.34. The Morgan fingerprint density at radius 1 is 1.35 bits per heavy atom. The summed E-state index contributed by atoms with van der Waals surface area (Å²) in [6.45, 7) is 1.59. The molecular formula is C11H16N4OS. The van der Waals surface area contributed by atoms with Gasteiger partial charge < -0.3 is 10.2 Å². The first-order chi connectivity index (χ1) is 8.38. The van der Waals surface area contributed by atoms with E-state index in [0.717, 1.165) is 60.5 Å². The van der Waals surface area contributed by atoms with Crippen LogP contribution in [-0.2, 0) is 16.2 Å². The molecule has 0 spiro atoms. The van der Waals surface area contributed by atoms with Crippen LogP contribution in [0.5, 0.6) is 0 Å². The van der Waals surface area contributed by atoms with E-state index in [2.05, 4.69) is 15.4 Å². The Balaban J connectivity index is 1.94. The van der Waals surface area contributed by atoms with E-state index in [9.17, 15) is 0 Å². The Hall–Kier alpha value is -0.850. The van der Waals surface area contributed by atoms with Gasteiger partial charge in [0.15, 0.2) is 0 Å². The molecule has 0 aliphatic carbocycles. The maximum atomic E-state index is 5.54. The number of nitrogens with one attached hydrogen (secondary N) is 1. The highest BCUT2D eigenvalue weighted by molar-refractivity contribution is 7.98. The van der Waals surface area contributed by atoms with Crippen molar-refractivity contribution in [2.45, 2.75) is 30.3 Å². The van der Waals surface area contributed by atoms with Gasteiger partial charge in [-0.1, -0.05) is 0 Å². The van der Waals surface area contributed by atoms with E-state index in [0.29, 0.717) is 5.92 Å². The average Bonchev–Trinajstić information content (AvgIpc) is 2.86. The van der Waals surface area contributed by atoms with E-state index >= 15 is 0 Å². The van der Waals surface area contributed by atoms with E-state index in [1.807, 2.05) is 11.8 Å². The van der Waals surface area contributed by atoms with E-state index < -0.39 is 0 Å². The Morgan fingerprint density at radius 2 is 2.29 bits per heavy atom. The van der Waals surface area contributed by atoms with E-state index in [4.69, 9.17) is 10.6 Å². The molecule has 3 heterocycles. The third-order valence-corrected chi connectivity index (χ3v) is 4.23. The van der Waals surface area contributed by atoms with Gasteiger partial charge >= 0.3 is 0 Å². The summed E-state index contributed by atoms with van der Waals surface area (Å²) in [4.78, 5) is 9.22. The molecule has 92 valence electrons. The topological polar surface area (TPSA) is 73.1 Å². The van der Waals surface area contributed by atoms with Crippen molar-refractivity contribution in [1.29, 1.82) is 0 Å². The molecule has 3 N–H and O–H groups in total. The molecular weight excluding hydrogens is 236 g/mol. The van der Waals surface area contributed by atoms with Gasteiger partial charge in [0.05, 0.1) is 12.3 Å². The minimum atomic E-state index is 0.326. The lowest BCUT2D eigenvalue weighted by Crippen LogP contribution is -2.20. The third-order valence-electron chi connectivity index (χ3n) is 3.26. The zero-order valence-electron chi connectivity index (χ0n) is 9.61. The lowest BCUT2D eigenvalue weighted by atomic mass is 10.0. The molecule has 1 aromatic rings. The summed E-state index contributed by atoms with van der Waals surface area (Å²) in [5.74, 6) is 9.47. The fourth-order valence-corrected chi connectivity index (χ4v) is 3.36. The van der Waals surface area contributed by atoms with Crippen LogP contribution in [0.25, 0.3) is 0 Å². The van der Waals surface area contributed by atoms with Gasteiger partial charge in [0.25, 0.3) is 0 Å². The lowest BCUT2D eigenvalue weighted by molar-refractivity contribution is 0.0780. The molecule has 1 atom stereocenters. The number of nitrogens with zero attached hydrogens (tertiary/aromatic N) is 2. The van der Waals surface area contributed by atoms with Crippen molar-refractivity contribution in [3.05, 3.63) is 17.1 Å². The molecule has 5 nitrogen and oxygen atoms in total. The Bertz CT molecular complexity index is 420. The quantitative estimate of drug-likeness (QED) is 0.612. The lowest BCUT2D eigenvalue weighted by Gasteiger charge is -2.21. The zero-order chi connectivity index (χ0) is 11.7. The SMILES string of the molecule is NNc1nc(C2CCCOC2)nc2c1CSC2. The normalized spacial score (nSPS) is 23.5. The first kappa shape index (κ1) is 11.3. The van der Waals surface area contributed by atoms with E-state index in [1.165, 1.54) is 0 Å². The van der Waals surface area contributed by atoms with Gasteiger partial charge in [0, 0.05) is 29.6 Å². The summed E-state index contributed by atoms with van der Waals surface area (Å²) >= 11 is 1.86. The van der Waals surface area contributed by atoms with Crippen molar-refractivity contribution >= 4 is 17.6 Å². The zero-order valence-corrected chi connectivity index (χ0v) is 10.4. The van der Waals surface area contributed by atoms with Crippen LogP contribution in [0.15, 0.2) is 0 Å². The van der Waals surface area contributed by atoms with Crippen molar-refractivity contribution in [2.75, 3.05) is 18.6 Å². The number of anilines is 1. The van der Waals surface area contributed by atoms with Crippen LogP contribution in [0.1, 0.15) is 35.8 Å². The van der Waals surface area contributed by atoms with Crippen molar-refractivity contribution in [2.24, 2.45) is 5.84 Å². The first-order valence-electron chi connectivity index (χ1n) is 5.90. The third kappa shape index (κ3) is 2.12. The molecule has 1 fully saturated rings. The van der Waals surface area contributed by atoms with Gasteiger partial charge in [-0.3, -0.25) is 0 Å². The molecule has 17 heavy (non-hydrogen) atoms. The molecule has 2 aliphatic rings. The number of nitrogens with two attached hydrogens (primary N) is 1. The molecule has 1 saturated heterocycles. The maximum absolute atomic E-state index is 5.54. The fourth-order valence-electron chi connectivity index (χ4n) is 2.32. The molecule has 3 rings (SSSR count). The van der Waals surface area contributed by atoms with E-state index in [-0.39, 0.29) is 0 Å². The minimum Gasteiger partial charge on any atom is -0.381 e. The number of hydrogen-bond acceptors (Lipinski definition) is 6. The second-order valence-corrected chi connectivity index (χ2v) is 5.39. The number of hydrogen-bond donors (Lipinski definition) is 2. The first-order valence-corrected chi connectivity index (χ1v) is 7.05. The van der Waals surface area contributed by atoms with Gasteiger partial charge in [0.2, 0.25) is 0 Å². The van der Waals surface area contributed by atoms with Crippen LogP contribution < -0.4 is 11.3 Å². The number of fused-ring (bicyclic) bond motifs is 1. The van der Waals surface area contributed by atoms with Crippen molar-refractivity contribution in [3.8, 4) is 0 Å². The number of aromatic nitrogens is 2. The Labute approximate surface area is 105 Å². The molecule has 0 radical (unpaired) electrons. The van der Waals surface area contributed by atoms with Crippen LogP contribution in [0.4, 0.5) is 5.82 Å². The summed E-state index contributed by atoms with van der Waals surface area (Å²) in [7, 11) is 0. The molecule has 0 saturated carbocycles. The molecule has 0 bridgehead atoms. The fraction of sp³-hybridized carbons (Fsp3) is 0.636. The summed E-state index contributed by atoms with van der Waals surface area (Å²) < 4.78 is 5.49. The van der Waals surface area contributed by atoms with Gasteiger partial charge in [-0.2, -0.15) is 11.8 Å². The van der Waals surface area contributed by atoms with Crippen molar-refractivity contribution in [1.82, 2.24) is 9.97 Å².